The van der Waals surface area contributed by atoms with Crippen molar-refractivity contribution in [2.24, 2.45) is 28.9 Å². The fourth-order valence-electron chi connectivity index (χ4n) is 2.84. The molecule has 1 rings (SSSR count). The highest BCUT2D eigenvalue weighted by Crippen LogP contribution is 2.62. The first-order valence-electron chi connectivity index (χ1n) is 4.75. The molecule has 66 valence electrons. The summed E-state index contributed by atoms with van der Waals surface area (Å²) in [4.78, 5) is 0. The average Bonchev–Trinajstić information content (AvgIpc) is 2.51. The van der Waals surface area contributed by atoms with Crippen molar-refractivity contribution in [2.45, 2.75) is 34.1 Å². The highest BCUT2D eigenvalue weighted by Gasteiger charge is 2.57. The monoisotopic (exact) mass is 155 g/mol. The van der Waals surface area contributed by atoms with Crippen LogP contribution in [-0.2, 0) is 0 Å². The Kier molecular flexibility index (Phi) is 2.29. The van der Waals surface area contributed by atoms with Crippen LogP contribution in [0.25, 0.3) is 0 Å². The minimum absolute atomic E-state index is 0.577. The van der Waals surface area contributed by atoms with Crippen LogP contribution in [0, 0.1) is 23.2 Å². The van der Waals surface area contributed by atoms with Crippen LogP contribution in [-0.4, -0.2) is 6.54 Å². The minimum atomic E-state index is 0.577. The van der Waals surface area contributed by atoms with Crippen LogP contribution in [0.4, 0.5) is 0 Å². The van der Waals surface area contributed by atoms with Gasteiger partial charge in [0.1, 0.15) is 0 Å². The van der Waals surface area contributed by atoms with E-state index in [1.165, 1.54) is 6.42 Å². The van der Waals surface area contributed by atoms with Gasteiger partial charge in [-0.1, -0.05) is 34.1 Å². The molecule has 0 amide bonds. The Morgan fingerprint density at radius 1 is 1.45 bits per heavy atom. The van der Waals surface area contributed by atoms with Gasteiger partial charge in [0.25, 0.3) is 0 Å². The third-order valence-corrected chi connectivity index (χ3v) is 3.56. The molecule has 1 aliphatic carbocycles. The van der Waals surface area contributed by atoms with E-state index in [-0.39, 0.29) is 0 Å². The topological polar surface area (TPSA) is 26.0 Å². The Bertz CT molecular complexity index is 140. The zero-order chi connectivity index (χ0) is 8.65. The van der Waals surface area contributed by atoms with E-state index < -0.39 is 0 Å². The second-order valence-electron chi connectivity index (χ2n) is 4.57. The van der Waals surface area contributed by atoms with Crippen molar-refractivity contribution >= 4 is 0 Å². The van der Waals surface area contributed by atoms with E-state index in [1.54, 1.807) is 0 Å². The van der Waals surface area contributed by atoms with Gasteiger partial charge in [0.2, 0.25) is 0 Å². The van der Waals surface area contributed by atoms with Crippen LogP contribution >= 0.6 is 0 Å². The number of nitrogens with two attached hydrogens (primary N) is 1. The van der Waals surface area contributed by atoms with E-state index in [9.17, 15) is 0 Å². The molecule has 0 saturated heterocycles. The van der Waals surface area contributed by atoms with Gasteiger partial charge in [-0.25, -0.2) is 0 Å². The van der Waals surface area contributed by atoms with E-state index in [0.717, 1.165) is 24.3 Å². The van der Waals surface area contributed by atoms with Crippen molar-refractivity contribution in [3.63, 3.8) is 0 Å². The molecule has 1 nitrogen and oxygen atoms in total. The smallest absolute Gasteiger partial charge is 0.00485 e. The minimum Gasteiger partial charge on any atom is -0.330 e. The van der Waals surface area contributed by atoms with Crippen molar-refractivity contribution < 1.29 is 0 Å². The van der Waals surface area contributed by atoms with Gasteiger partial charge in [-0.3, -0.25) is 0 Å². The molecule has 0 radical (unpaired) electrons. The van der Waals surface area contributed by atoms with Crippen LogP contribution in [0.15, 0.2) is 0 Å². The SMILES string of the molecule is CCC1C(C(C)CN)C1(C)C. The van der Waals surface area contributed by atoms with Crippen LogP contribution in [0.1, 0.15) is 34.1 Å². The molecular formula is C10H21N. The molecule has 0 spiro atoms. The molecule has 1 aliphatic rings. The summed E-state index contributed by atoms with van der Waals surface area (Å²) in [6, 6.07) is 0. The van der Waals surface area contributed by atoms with Gasteiger partial charge in [0, 0.05) is 0 Å². The van der Waals surface area contributed by atoms with Crippen molar-refractivity contribution in [1.29, 1.82) is 0 Å². The zero-order valence-corrected chi connectivity index (χ0v) is 8.22. The van der Waals surface area contributed by atoms with E-state index in [1.807, 2.05) is 0 Å². The summed E-state index contributed by atoms with van der Waals surface area (Å²) < 4.78 is 0. The molecule has 3 atom stereocenters. The quantitative estimate of drug-likeness (QED) is 0.664. The summed E-state index contributed by atoms with van der Waals surface area (Å²) in [6.07, 6.45) is 1.32. The second-order valence-corrected chi connectivity index (χ2v) is 4.57. The largest absolute Gasteiger partial charge is 0.330 e. The van der Waals surface area contributed by atoms with Crippen LogP contribution < -0.4 is 5.73 Å². The molecule has 0 aliphatic heterocycles. The average molecular weight is 155 g/mol. The Hall–Kier alpha value is -0.0400. The van der Waals surface area contributed by atoms with Gasteiger partial charge in [0.05, 0.1) is 0 Å². The van der Waals surface area contributed by atoms with E-state index >= 15 is 0 Å². The van der Waals surface area contributed by atoms with Gasteiger partial charge in [-0.05, 0) is 29.7 Å². The standard InChI is InChI=1S/C10H21N/c1-5-8-9(7(2)6-11)10(8,3)4/h7-9H,5-6,11H2,1-4H3. The molecule has 0 aromatic rings. The molecule has 2 N–H and O–H groups in total. The molecular weight excluding hydrogens is 134 g/mol. The van der Waals surface area contributed by atoms with Gasteiger partial charge >= 0.3 is 0 Å². The predicted molar refractivity (Wildman–Crippen MR) is 49.3 cm³/mol. The molecule has 11 heavy (non-hydrogen) atoms. The number of hydrogen-bond donors (Lipinski definition) is 1. The first-order valence-corrected chi connectivity index (χ1v) is 4.75. The number of hydrogen-bond acceptors (Lipinski definition) is 1. The summed E-state index contributed by atoms with van der Waals surface area (Å²) >= 11 is 0. The number of rotatable bonds is 3. The molecule has 0 heterocycles. The summed E-state index contributed by atoms with van der Waals surface area (Å²) in [5.41, 5.74) is 6.23. The first kappa shape index (κ1) is 9.05. The van der Waals surface area contributed by atoms with Crippen molar-refractivity contribution in [3.05, 3.63) is 0 Å². The molecule has 1 heteroatoms. The molecule has 1 saturated carbocycles. The first-order chi connectivity index (χ1) is 5.05. The molecule has 0 bridgehead atoms. The maximum atomic E-state index is 5.65. The predicted octanol–water partition coefficient (Wildman–Crippen LogP) is 2.26. The molecule has 1 fully saturated rings. The lowest BCUT2D eigenvalue weighted by Crippen LogP contribution is -2.15. The van der Waals surface area contributed by atoms with E-state index in [4.69, 9.17) is 5.73 Å². The van der Waals surface area contributed by atoms with Crippen molar-refractivity contribution in [2.75, 3.05) is 6.54 Å². The third kappa shape index (κ3) is 1.31. The van der Waals surface area contributed by atoms with Gasteiger partial charge in [-0.2, -0.15) is 0 Å². The van der Waals surface area contributed by atoms with Crippen molar-refractivity contribution in [1.82, 2.24) is 0 Å². The van der Waals surface area contributed by atoms with Gasteiger partial charge in [-0.15, -0.1) is 0 Å². The summed E-state index contributed by atoms with van der Waals surface area (Å²) in [5, 5.41) is 0. The molecule has 0 aromatic heterocycles. The summed E-state index contributed by atoms with van der Waals surface area (Å²) in [6.45, 7) is 10.2. The maximum absolute atomic E-state index is 5.65. The summed E-state index contributed by atoms with van der Waals surface area (Å²) in [7, 11) is 0. The Balaban J connectivity index is 2.51. The van der Waals surface area contributed by atoms with Crippen LogP contribution in [0.5, 0.6) is 0 Å². The lowest BCUT2D eigenvalue weighted by atomic mass is 9.99. The Morgan fingerprint density at radius 2 is 2.00 bits per heavy atom. The van der Waals surface area contributed by atoms with Gasteiger partial charge < -0.3 is 5.73 Å². The zero-order valence-electron chi connectivity index (χ0n) is 8.22. The van der Waals surface area contributed by atoms with Crippen molar-refractivity contribution in [3.8, 4) is 0 Å². The normalized spacial score (nSPS) is 36.8. The van der Waals surface area contributed by atoms with E-state index in [2.05, 4.69) is 27.7 Å². The lowest BCUT2D eigenvalue weighted by molar-refractivity contribution is 0.429. The third-order valence-electron chi connectivity index (χ3n) is 3.56. The fourth-order valence-corrected chi connectivity index (χ4v) is 2.84. The van der Waals surface area contributed by atoms with E-state index in [0.29, 0.717) is 5.41 Å². The van der Waals surface area contributed by atoms with Crippen LogP contribution in [0.3, 0.4) is 0 Å². The Morgan fingerprint density at radius 3 is 2.27 bits per heavy atom. The highest BCUT2D eigenvalue weighted by molar-refractivity contribution is 5.05. The fraction of sp³-hybridized carbons (Fsp3) is 1.00. The summed E-state index contributed by atoms with van der Waals surface area (Å²) in [5.74, 6) is 2.54. The van der Waals surface area contributed by atoms with Crippen LogP contribution in [0.2, 0.25) is 0 Å². The highest BCUT2D eigenvalue weighted by atomic mass is 14.7. The molecule has 0 aromatic carbocycles. The second kappa shape index (κ2) is 2.78. The molecule has 3 unspecified atom stereocenters. The maximum Gasteiger partial charge on any atom is -0.00485 e. The lowest BCUT2D eigenvalue weighted by Gasteiger charge is -2.08. The van der Waals surface area contributed by atoms with Gasteiger partial charge in [0.15, 0.2) is 0 Å². The Labute approximate surface area is 70.4 Å².